The number of amides is 1. The van der Waals surface area contributed by atoms with E-state index in [1.807, 2.05) is 17.8 Å². The summed E-state index contributed by atoms with van der Waals surface area (Å²) in [5, 5.41) is 4.74. The summed E-state index contributed by atoms with van der Waals surface area (Å²) in [4.78, 5) is 17.6. The van der Waals surface area contributed by atoms with Crippen LogP contribution >= 0.6 is 0 Å². The minimum absolute atomic E-state index is 0.0116. The Morgan fingerprint density at radius 3 is 2.79 bits per heavy atom. The fourth-order valence-electron chi connectivity index (χ4n) is 4.72. The van der Waals surface area contributed by atoms with Gasteiger partial charge < -0.3 is 14.2 Å². The van der Waals surface area contributed by atoms with Gasteiger partial charge >= 0.3 is 0 Å². The lowest BCUT2D eigenvalue weighted by Gasteiger charge is -2.38. The maximum atomic E-state index is 13.2. The summed E-state index contributed by atoms with van der Waals surface area (Å²) < 4.78 is 7.18. The van der Waals surface area contributed by atoms with Crippen molar-refractivity contribution in [3.05, 3.63) is 41.1 Å². The van der Waals surface area contributed by atoms with Crippen LogP contribution in [-0.4, -0.2) is 51.7 Å². The molecule has 0 radical (unpaired) electrons. The SMILES string of the molecule is CCn1nc(C(=O)N(C)Cc2ccoc2)c2c1CCC(N1CCC(C)CC1)C2. The Labute approximate surface area is 167 Å². The van der Waals surface area contributed by atoms with Gasteiger partial charge in [-0.3, -0.25) is 9.48 Å². The van der Waals surface area contributed by atoms with Crippen LogP contribution in [0, 0.1) is 5.92 Å². The maximum absolute atomic E-state index is 13.2. The number of hydrogen-bond acceptors (Lipinski definition) is 4. The predicted octanol–water partition coefficient (Wildman–Crippen LogP) is 3.36. The summed E-state index contributed by atoms with van der Waals surface area (Å²) in [5.74, 6) is 0.851. The van der Waals surface area contributed by atoms with Crippen LogP contribution in [0.1, 0.15) is 60.4 Å². The average Bonchev–Trinajstić information content (AvgIpc) is 3.35. The standard InChI is InChI=1S/C22H32N4O2/c1-4-26-20-6-5-18(25-10-7-16(2)8-11-25)13-19(20)21(23-26)22(27)24(3)14-17-9-12-28-15-17/h9,12,15-16,18H,4-8,10-11,13-14H2,1-3H3. The van der Waals surface area contributed by atoms with Gasteiger partial charge in [0.15, 0.2) is 5.69 Å². The molecule has 6 heteroatoms. The van der Waals surface area contributed by atoms with Crippen molar-refractivity contribution in [2.75, 3.05) is 20.1 Å². The molecule has 0 bridgehead atoms. The number of rotatable bonds is 5. The highest BCUT2D eigenvalue weighted by Crippen LogP contribution is 2.30. The van der Waals surface area contributed by atoms with E-state index in [2.05, 4.69) is 18.7 Å². The molecule has 2 aromatic heterocycles. The third kappa shape index (κ3) is 3.75. The molecule has 1 aliphatic carbocycles. The molecule has 0 aromatic carbocycles. The second-order valence-electron chi connectivity index (χ2n) is 8.50. The van der Waals surface area contributed by atoms with E-state index in [1.165, 1.54) is 43.6 Å². The van der Waals surface area contributed by atoms with E-state index >= 15 is 0 Å². The number of aryl methyl sites for hydroxylation is 1. The number of aromatic nitrogens is 2. The Hall–Kier alpha value is -2.08. The lowest BCUT2D eigenvalue weighted by atomic mass is 9.88. The zero-order chi connectivity index (χ0) is 19.7. The molecule has 1 amide bonds. The number of likely N-dealkylation sites (tertiary alicyclic amines) is 1. The summed E-state index contributed by atoms with van der Waals surface area (Å²) in [6.07, 6.45) is 9.05. The Morgan fingerprint density at radius 1 is 1.32 bits per heavy atom. The van der Waals surface area contributed by atoms with Crippen molar-refractivity contribution in [3.63, 3.8) is 0 Å². The molecule has 4 rings (SSSR count). The molecule has 2 aliphatic rings. The fourth-order valence-corrected chi connectivity index (χ4v) is 4.72. The molecule has 28 heavy (non-hydrogen) atoms. The van der Waals surface area contributed by atoms with Gasteiger partial charge in [-0.05, 0) is 64.1 Å². The Bertz CT molecular complexity index is 803. The summed E-state index contributed by atoms with van der Waals surface area (Å²) in [5.41, 5.74) is 4.10. The van der Waals surface area contributed by atoms with Crippen LogP contribution in [0.5, 0.6) is 0 Å². The summed E-state index contributed by atoms with van der Waals surface area (Å²) in [6, 6.07) is 2.44. The molecule has 1 saturated heterocycles. The van der Waals surface area contributed by atoms with E-state index in [4.69, 9.17) is 9.52 Å². The first-order valence-electron chi connectivity index (χ1n) is 10.7. The van der Waals surface area contributed by atoms with Crippen molar-refractivity contribution in [2.24, 2.45) is 5.92 Å². The third-order valence-electron chi connectivity index (χ3n) is 6.50. The second kappa shape index (κ2) is 8.11. The van der Waals surface area contributed by atoms with E-state index in [0.717, 1.165) is 30.9 Å². The molecule has 0 N–H and O–H groups in total. The monoisotopic (exact) mass is 384 g/mol. The molecule has 1 unspecified atom stereocenters. The van der Waals surface area contributed by atoms with Gasteiger partial charge in [0.2, 0.25) is 0 Å². The fraction of sp³-hybridized carbons (Fsp3) is 0.636. The van der Waals surface area contributed by atoms with Gasteiger partial charge in [-0.1, -0.05) is 6.92 Å². The van der Waals surface area contributed by atoms with E-state index in [1.54, 1.807) is 17.4 Å². The van der Waals surface area contributed by atoms with Crippen LogP contribution in [0.25, 0.3) is 0 Å². The summed E-state index contributed by atoms with van der Waals surface area (Å²) in [6.45, 7) is 8.19. The number of carbonyl (C=O) groups excluding carboxylic acids is 1. The first kappa shape index (κ1) is 19.2. The Balaban J connectivity index is 1.54. The van der Waals surface area contributed by atoms with E-state index < -0.39 is 0 Å². The molecule has 3 heterocycles. The van der Waals surface area contributed by atoms with Crippen LogP contribution in [0.15, 0.2) is 23.0 Å². The molecular weight excluding hydrogens is 352 g/mol. The quantitative estimate of drug-likeness (QED) is 0.793. The minimum atomic E-state index is 0.0116. The van der Waals surface area contributed by atoms with Gasteiger partial charge in [-0.2, -0.15) is 5.10 Å². The number of fused-ring (bicyclic) bond motifs is 1. The van der Waals surface area contributed by atoms with E-state index in [0.29, 0.717) is 18.3 Å². The van der Waals surface area contributed by atoms with Crippen LogP contribution in [-0.2, 0) is 25.9 Å². The minimum Gasteiger partial charge on any atom is -0.472 e. The third-order valence-corrected chi connectivity index (χ3v) is 6.50. The van der Waals surface area contributed by atoms with Gasteiger partial charge in [0, 0.05) is 43.0 Å². The van der Waals surface area contributed by atoms with Gasteiger partial charge in [-0.15, -0.1) is 0 Å². The van der Waals surface area contributed by atoms with Gasteiger partial charge in [-0.25, -0.2) is 0 Å². The zero-order valence-corrected chi connectivity index (χ0v) is 17.4. The van der Waals surface area contributed by atoms with Gasteiger partial charge in [0.1, 0.15) is 0 Å². The van der Waals surface area contributed by atoms with E-state index in [-0.39, 0.29) is 5.91 Å². The van der Waals surface area contributed by atoms with E-state index in [9.17, 15) is 4.79 Å². The van der Waals surface area contributed by atoms with Crippen molar-refractivity contribution in [3.8, 4) is 0 Å². The van der Waals surface area contributed by atoms with Gasteiger partial charge in [0.25, 0.3) is 5.91 Å². The topological polar surface area (TPSA) is 54.5 Å². The zero-order valence-electron chi connectivity index (χ0n) is 17.4. The van der Waals surface area contributed by atoms with Crippen LogP contribution in [0.2, 0.25) is 0 Å². The van der Waals surface area contributed by atoms with Crippen molar-refractivity contribution >= 4 is 5.91 Å². The molecule has 1 fully saturated rings. The van der Waals surface area contributed by atoms with Crippen LogP contribution in [0.3, 0.4) is 0 Å². The highest BCUT2D eigenvalue weighted by Gasteiger charge is 2.33. The molecule has 6 nitrogen and oxygen atoms in total. The molecule has 0 spiro atoms. The van der Waals surface area contributed by atoms with Crippen molar-refractivity contribution < 1.29 is 9.21 Å². The molecule has 1 aliphatic heterocycles. The lowest BCUT2D eigenvalue weighted by molar-refractivity contribution is 0.0775. The Kier molecular flexibility index (Phi) is 5.58. The molecular formula is C22H32N4O2. The molecule has 2 aromatic rings. The number of piperidine rings is 1. The predicted molar refractivity (Wildman–Crippen MR) is 108 cm³/mol. The van der Waals surface area contributed by atoms with Crippen molar-refractivity contribution in [1.29, 1.82) is 0 Å². The number of hydrogen-bond donors (Lipinski definition) is 0. The van der Waals surface area contributed by atoms with Crippen LogP contribution < -0.4 is 0 Å². The molecule has 0 saturated carbocycles. The first-order valence-corrected chi connectivity index (χ1v) is 10.7. The lowest BCUT2D eigenvalue weighted by Crippen LogP contribution is -2.44. The summed E-state index contributed by atoms with van der Waals surface area (Å²) >= 11 is 0. The average molecular weight is 385 g/mol. The second-order valence-corrected chi connectivity index (χ2v) is 8.50. The highest BCUT2D eigenvalue weighted by molar-refractivity contribution is 5.94. The molecule has 152 valence electrons. The molecule has 1 atom stereocenters. The number of nitrogens with zero attached hydrogens (tertiary/aromatic N) is 4. The summed E-state index contributed by atoms with van der Waals surface area (Å²) in [7, 11) is 1.85. The maximum Gasteiger partial charge on any atom is 0.274 e. The van der Waals surface area contributed by atoms with Crippen molar-refractivity contribution in [2.45, 2.75) is 65.1 Å². The van der Waals surface area contributed by atoms with Gasteiger partial charge in [0.05, 0.1) is 12.5 Å². The smallest absolute Gasteiger partial charge is 0.274 e. The largest absolute Gasteiger partial charge is 0.472 e. The highest BCUT2D eigenvalue weighted by atomic mass is 16.3. The van der Waals surface area contributed by atoms with Crippen molar-refractivity contribution in [1.82, 2.24) is 19.6 Å². The van der Waals surface area contributed by atoms with Crippen LogP contribution in [0.4, 0.5) is 0 Å². The normalized spacial score (nSPS) is 20.9. The Morgan fingerprint density at radius 2 is 2.11 bits per heavy atom. The first-order chi connectivity index (χ1) is 13.6. The number of furan rings is 1. The number of carbonyl (C=O) groups is 1.